The highest BCUT2D eigenvalue weighted by molar-refractivity contribution is 5.93. The van der Waals surface area contributed by atoms with Crippen molar-refractivity contribution in [2.24, 2.45) is 0 Å². The average Bonchev–Trinajstić information content (AvgIpc) is 3.57. The van der Waals surface area contributed by atoms with Gasteiger partial charge in [0.25, 0.3) is 0 Å². The lowest BCUT2D eigenvalue weighted by atomic mass is 9.86. The zero-order valence-electron chi connectivity index (χ0n) is 21.7. The molecule has 0 fully saturated rings. The van der Waals surface area contributed by atoms with Crippen molar-refractivity contribution in [1.82, 2.24) is 15.2 Å². The number of hydrogen-bond acceptors (Lipinski definition) is 5. The summed E-state index contributed by atoms with van der Waals surface area (Å²) in [6.07, 6.45) is 2.52. The van der Waals surface area contributed by atoms with Gasteiger partial charge in [-0.15, -0.1) is 0 Å². The molecule has 3 aromatic rings. The molecule has 3 aliphatic rings. The van der Waals surface area contributed by atoms with Crippen molar-refractivity contribution in [3.8, 4) is 11.1 Å². The minimum Gasteiger partial charge on any atom is -0.480 e. The van der Waals surface area contributed by atoms with E-state index in [0.29, 0.717) is 0 Å². The van der Waals surface area contributed by atoms with Crippen LogP contribution in [0, 0.1) is 0 Å². The van der Waals surface area contributed by atoms with Crippen molar-refractivity contribution >= 4 is 28.9 Å². The molecule has 0 saturated heterocycles. The van der Waals surface area contributed by atoms with Crippen molar-refractivity contribution in [3.05, 3.63) is 108 Å². The minimum atomic E-state index is -1.16. The summed E-state index contributed by atoms with van der Waals surface area (Å²) < 4.78 is 10.6. The lowest BCUT2D eigenvalue weighted by Gasteiger charge is -2.41. The monoisotopic (exact) mass is 537 g/mol. The standard InChI is InChI=1S/C31H27N3O6/c1-18(32-31(38)40-16-19-7-3-2-4-8-19)29(35)34-26(30(36)37)15-24-22-9-5-6-10-25(22)33-27(24)28(34)23-12-11-20-17-39-14-13-21(20)23/h2-14,17-18,26,28,33H,15-16H2,1H3,(H,32,38)(H,36,37)/t18-,26?,28?/m0/s1. The molecule has 9 heteroatoms. The Kier molecular flexibility index (Phi) is 6.47. The van der Waals surface area contributed by atoms with Crippen LogP contribution in [0.3, 0.4) is 0 Å². The van der Waals surface area contributed by atoms with Crippen LogP contribution < -0.4 is 5.32 Å². The Morgan fingerprint density at radius 1 is 1.07 bits per heavy atom. The molecule has 2 aromatic carbocycles. The van der Waals surface area contributed by atoms with Gasteiger partial charge in [-0.1, -0.05) is 60.7 Å². The van der Waals surface area contributed by atoms with Crippen LogP contribution in [0.4, 0.5) is 4.79 Å². The molecule has 3 N–H and O–H groups in total. The first-order valence-corrected chi connectivity index (χ1v) is 13.0. The van der Waals surface area contributed by atoms with Crippen LogP contribution in [0.15, 0.2) is 89.7 Å². The molecule has 9 nitrogen and oxygen atoms in total. The second kappa shape index (κ2) is 10.3. The third kappa shape index (κ3) is 4.45. The molecule has 0 radical (unpaired) electrons. The highest BCUT2D eigenvalue weighted by atomic mass is 16.5. The molecule has 0 spiro atoms. The Hall–Kier alpha value is -5.05. The summed E-state index contributed by atoms with van der Waals surface area (Å²) in [7, 11) is 0. The highest BCUT2D eigenvalue weighted by Crippen LogP contribution is 2.45. The van der Waals surface area contributed by atoms with Crippen molar-refractivity contribution in [2.75, 3.05) is 0 Å². The highest BCUT2D eigenvalue weighted by Gasteiger charge is 2.45. The Morgan fingerprint density at radius 2 is 1.85 bits per heavy atom. The van der Waals surface area contributed by atoms with Gasteiger partial charge < -0.3 is 29.5 Å². The zero-order valence-corrected chi connectivity index (χ0v) is 21.7. The van der Waals surface area contributed by atoms with E-state index in [4.69, 9.17) is 9.15 Å². The van der Waals surface area contributed by atoms with Crippen LogP contribution >= 0.6 is 0 Å². The minimum absolute atomic E-state index is 0.0423. The van der Waals surface area contributed by atoms with Gasteiger partial charge >= 0.3 is 12.1 Å². The summed E-state index contributed by atoms with van der Waals surface area (Å²) in [5.41, 5.74) is 5.70. The van der Waals surface area contributed by atoms with Crippen LogP contribution in [0.1, 0.15) is 35.3 Å². The lowest BCUT2D eigenvalue weighted by Crippen LogP contribution is -2.56. The van der Waals surface area contributed by atoms with Gasteiger partial charge in [-0.3, -0.25) is 4.79 Å². The summed E-state index contributed by atoms with van der Waals surface area (Å²) >= 11 is 0. The molecule has 3 atom stereocenters. The molecule has 2 unspecified atom stereocenters. The number of para-hydroxylation sites is 1. The molecule has 202 valence electrons. The predicted molar refractivity (Wildman–Crippen MR) is 147 cm³/mol. The Balaban J connectivity index is 1.37. The van der Waals surface area contributed by atoms with Crippen molar-refractivity contribution in [2.45, 2.75) is 38.1 Å². The summed E-state index contributed by atoms with van der Waals surface area (Å²) in [6.45, 7) is 1.57. The van der Waals surface area contributed by atoms with Gasteiger partial charge in [-0.05, 0) is 41.3 Å². The Morgan fingerprint density at radius 3 is 2.65 bits per heavy atom. The van der Waals surface area contributed by atoms with E-state index < -0.39 is 36.1 Å². The molecule has 3 heterocycles. The number of fused-ring (bicyclic) bond motifs is 4. The van der Waals surface area contributed by atoms with Crippen molar-refractivity contribution < 1.29 is 28.6 Å². The van der Waals surface area contributed by atoms with Gasteiger partial charge in [-0.2, -0.15) is 0 Å². The summed E-state index contributed by atoms with van der Waals surface area (Å²) in [4.78, 5) is 44.2. The largest absolute Gasteiger partial charge is 0.480 e. The molecule has 40 heavy (non-hydrogen) atoms. The van der Waals surface area contributed by atoms with Gasteiger partial charge in [0.05, 0.1) is 18.6 Å². The third-order valence-electron chi connectivity index (χ3n) is 7.46. The maximum Gasteiger partial charge on any atom is 0.408 e. The molecular weight excluding hydrogens is 510 g/mol. The van der Waals surface area contributed by atoms with Crippen LogP contribution in [0.2, 0.25) is 0 Å². The summed E-state index contributed by atoms with van der Waals surface area (Å²) in [5.74, 6) is -1.66. The number of nitrogens with one attached hydrogen (secondary N) is 2. The smallest absolute Gasteiger partial charge is 0.408 e. The number of rotatable bonds is 6. The fraction of sp³-hybridized carbons (Fsp3) is 0.194. The first-order chi connectivity index (χ1) is 19.4. The van der Waals surface area contributed by atoms with E-state index in [1.807, 2.05) is 72.8 Å². The number of carbonyl (C=O) groups is 3. The van der Waals surface area contributed by atoms with Gasteiger partial charge in [0.15, 0.2) is 0 Å². The number of H-pyrrole nitrogens is 1. The quantitative estimate of drug-likeness (QED) is 0.277. The molecule has 2 aliphatic heterocycles. The Labute approximate surface area is 229 Å². The number of nitrogens with zero attached hydrogens (tertiary/aromatic N) is 1. The van der Waals surface area contributed by atoms with Crippen molar-refractivity contribution in [1.29, 1.82) is 0 Å². The van der Waals surface area contributed by atoms with Gasteiger partial charge in [0.2, 0.25) is 5.91 Å². The number of aliphatic carboxylic acids is 1. The molecule has 2 amide bonds. The van der Waals surface area contributed by atoms with E-state index in [2.05, 4.69) is 10.3 Å². The first kappa shape index (κ1) is 25.2. The SMILES string of the molecule is C[C@H](NC(=O)OCc1ccccc1)C(=O)N1C(C(=O)O)Cc2c([nH]c3ccccc23)C1c1ccc2coccc1-2. The number of aromatic amines is 1. The maximum absolute atomic E-state index is 14.0. The fourth-order valence-electron chi connectivity index (χ4n) is 5.58. The van der Waals surface area contributed by atoms with Gasteiger partial charge in [-0.25, -0.2) is 9.59 Å². The molecular formula is C31H27N3O6. The first-order valence-electron chi connectivity index (χ1n) is 13.0. The van der Waals surface area contributed by atoms with Crippen LogP contribution in [-0.2, 0) is 27.4 Å². The lowest BCUT2D eigenvalue weighted by molar-refractivity contribution is -0.153. The van der Waals surface area contributed by atoms with Crippen molar-refractivity contribution in [3.63, 3.8) is 0 Å². The van der Waals surface area contributed by atoms with E-state index >= 15 is 0 Å². The maximum atomic E-state index is 14.0. The average molecular weight is 538 g/mol. The predicted octanol–water partition coefficient (Wildman–Crippen LogP) is 5.11. The zero-order chi connectivity index (χ0) is 27.8. The topological polar surface area (TPSA) is 125 Å². The normalized spacial score (nSPS) is 17.4. The van der Waals surface area contributed by atoms with E-state index in [-0.39, 0.29) is 13.0 Å². The number of amides is 2. The second-order valence-electron chi connectivity index (χ2n) is 9.91. The number of aromatic nitrogens is 1. The number of carboxylic acids is 1. The Bertz CT molecular complexity index is 1670. The molecule has 6 rings (SSSR count). The number of ether oxygens (including phenoxy) is 1. The van der Waals surface area contributed by atoms with E-state index in [9.17, 15) is 19.5 Å². The summed E-state index contributed by atoms with van der Waals surface area (Å²) in [5, 5.41) is 13.9. The van der Waals surface area contributed by atoms with Gasteiger partial charge in [0.1, 0.15) is 18.7 Å². The molecule has 0 bridgehead atoms. The summed E-state index contributed by atoms with van der Waals surface area (Å²) in [6, 6.07) is 19.5. The molecule has 1 aromatic heterocycles. The molecule has 0 saturated carbocycles. The van der Waals surface area contributed by atoms with Crippen LogP contribution in [0.25, 0.3) is 22.0 Å². The van der Waals surface area contributed by atoms with Crippen LogP contribution in [-0.4, -0.2) is 45.0 Å². The molecule has 1 aliphatic carbocycles. The van der Waals surface area contributed by atoms with E-state index in [1.54, 1.807) is 12.5 Å². The fourth-order valence-corrected chi connectivity index (χ4v) is 5.58. The number of hydrogen-bond donors (Lipinski definition) is 3. The number of carboxylic acid groups (broad SMARTS) is 1. The van der Waals surface area contributed by atoms with E-state index in [1.165, 1.54) is 11.8 Å². The number of benzene rings is 2. The van der Waals surface area contributed by atoms with Gasteiger partial charge in [0, 0.05) is 28.6 Å². The van der Waals surface area contributed by atoms with Crippen LogP contribution in [0.5, 0.6) is 0 Å². The number of alkyl carbamates (subject to hydrolysis) is 1. The third-order valence-corrected chi connectivity index (χ3v) is 7.46. The number of carbonyl (C=O) groups excluding carboxylic acids is 2. The second-order valence-corrected chi connectivity index (χ2v) is 9.91. The van der Waals surface area contributed by atoms with E-state index in [0.717, 1.165) is 44.4 Å².